The van der Waals surface area contributed by atoms with Gasteiger partial charge in [-0.25, -0.2) is 0 Å². The fraction of sp³-hybridized carbons (Fsp3) is 0.143. The molecule has 11 heavy (non-hydrogen) atoms. The van der Waals surface area contributed by atoms with Gasteiger partial charge in [-0.15, -0.1) is 5.69 Å². The Balaban J connectivity index is 0.000001000. The molecule has 0 bridgehead atoms. The molecular formula is C7H6Br2NNa. The van der Waals surface area contributed by atoms with Crippen LogP contribution >= 0.6 is 31.9 Å². The third-order valence-corrected chi connectivity index (χ3v) is 2.44. The summed E-state index contributed by atoms with van der Waals surface area (Å²) in [7, 11) is 0. The summed E-state index contributed by atoms with van der Waals surface area (Å²) in [6.45, 7) is 2.00. The molecule has 0 saturated carbocycles. The molecule has 0 unspecified atom stereocenters. The molecule has 1 aromatic rings. The molecule has 1 N–H and O–H groups in total. The van der Waals surface area contributed by atoms with E-state index in [1.807, 2.05) is 19.1 Å². The van der Waals surface area contributed by atoms with E-state index in [4.69, 9.17) is 5.73 Å². The van der Waals surface area contributed by atoms with Crippen molar-refractivity contribution in [3.8, 4) is 0 Å². The predicted octanol–water partition coefficient (Wildman–Crippen LogP) is 1.21. The van der Waals surface area contributed by atoms with Gasteiger partial charge < -0.3 is 5.73 Å². The molecule has 0 saturated heterocycles. The molecule has 0 spiro atoms. The third kappa shape index (κ3) is 3.07. The van der Waals surface area contributed by atoms with E-state index in [0.29, 0.717) is 5.69 Å². The normalized spacial score (nSPS) is 9.00. The van der Waals surface area contributed by atoms with Crippen LogP contribution in [0.3, 0.4) is 0 Å². The summed E-state index contributed by atoms with van der Waals surface area (Å²) in [4.78, 5) is 0. The largest absolute Gasteiger partial charge is 1.00 e. The summed E-state index contributed by atoms with van der Waals surface area (Å²) in [6.07, 6.45) is 0. The number of halogens is 2. The Morgan fingerprint density at radius 1 is 1.18 bits per heavy atom. The molecule has 0 aliphatic carbocycles. The minimum absolute atomic E-state index is 0. The average molecular weight is 287 g/mol. The van der Waals surface area contributed by atoms with Crippen LogP contribution in [-0.4, -0.2) is 0 Å². The van der Waals surface area contributed by atoms with Crippen LogP contribution in [0, 0.1) is 6.92 Å². The summed E-state index contributed by atoms with van der Waals surface area (Å²) in [5.41, 5.74) is 9.10. The van der Waals surface area contributed by atoms with Gasteiger partial charge >= 0.3 is 29.6 Å². The van der Waals surface area contributed by atoms with Crippen molar-refractivity contribution in [1.82, 2.24) is 0 Å². The van der Waals surface area contributed by atoms with Crippen molar-refractivity contribution in [3.05, 3.63) is 32.4 Å². The fourth-order valence-electron chi connectivity index (χ4n) is 0.700. The molecule has 1 rings (SSSR count). The second-order valence-electron chi connectivity index (χ2n) is 2.10. The summed E-state index contributed by atoms with van der Waals surface area (Å²) in [6, 6.07) is 3.85. The van der Waals surface area contributed by atoms with Gasteiger partial charge in [0.1, 0.15) is 0 Å². The molecule has 0 aromatic heterocycles. The zero-order valence-corrected chi connectivity index (χ0v) is 11.6. The molecule has 0 aliphatic rings. The first-order valence-corrected chi connectivity index (χ1v) is 4.37. The number of hydrogen-bond donors (Lipinski definition) is 0. The van der Waals surface area contributed by atoms with Gasteiger partial charge in [0.25, 0.3) is 0 Å². The van der Waals surface area contributed by atoms with E-state index in [0.717, 1.165) is 14.5 Å². The Labute approximate surface area is 105 Å². The van der Waals surface area contributed by atoms with Crippen molar-refractivity contribution < 1.29 is 29.6 Å². The van der Waals surface area contributed by atoms with Crippen LogP contribution in [0.25, 0.3) is 5.73 Å². The topological polar surface area (TPSA) is 23.8 Å². The van der Waals surface area contributed by atoms with Crippen LogP contribution in [0.2, 0.25) is 0 Å². The summed E-state index contributed by atoms with van der Waals surface area (Å²) >= 11 is 6.56. The second kappa shape index (κ2) is 4.87. The minimum Gasteiger partial charge on any atom is -0.697 e. The van der Waals surface area contributed by atoms with Gasteiger partial charge in [0, 0.05) is 8.95 Å². The maximum absolute atomic E-state index is 7.45. The number of aryl methyl sites for hydroxylation is 1. The molecule has 54 valence electrons. The molecule has 0 radical (unpaired) electrons. The quantitative estimate of drug-likeness (QED) is 0.640. The predicted molar refractivity (Wildman–Crippen MR) is 50.6 cm³/mol. The van der Waals surface area contributed by atoms with Crippen LogP contribution < -0.4 is 29.6 Å². The molecule has 1 aromatic carbocycles. The van der Waals surface area contributed by atoms with E-state index < -0.39 is 0 Å². The van der Waals surface area contributed by atoms with E-state index in [2.05, 4.69) is 31.9 Å². The Bertz CT molecular complexity index is 240. The SMILES string of the molecule is Cc1cc(Br)c([NH-])c(Br)c1.[Na+]. The number of rotatable bonds is 0. The van der Waals surface area contributed by atoms with Crippen molar-refractivity contribution in [2.75, 3.05) is 0 Å². The fourth-order valence-corrected chi connectivity index (χ4v) is 2.12. The molecule has 0 aliphatic heterocycles. The maximum atomic E-state index is 7.45. The van der Waals surface area contributed by atoms with Gasteiger partial charge in [-0.3, -0.25) is 0 Å². The monoisotopic (exact) mass is 285 g/mol. The number of benzene rings is 1. The van der Waals surface area contributed by atoms with Crippen LogP contribution in [-0.2, 0) is 0 Å². The van der Waals surface area contributed by atoms with Gasteiger partial charge in [-0.2, -0.15) is 0 Å². The first-order valence-electron chi connectivity index (χ1n) is 2.78. The van der Waals surface area contributed by atoms with Crippen molar-refractivity contribution in [2.45, 2.75) is 6.92 Å². The van der Waals surface area contributed by atoms with Gasteiger partial charge in [0.2, 0.25) is 0 Å². The summed E-state index contributed by atoms with van der Waals surface area (Å²) in [5, 5.41) is 0. The summed E-state index contributed by atoms with van der Waals surface area (Å²) < 4.78 is 1.67. The van der Waals surface area contributed by atoms with Crippen molar-refractivity contribution in [3.63, 3.8) is 0 Å². The van der Waals surface area contributed by atoms with Crippen molar-refractivity contribution >= 4 is 37.5 Å². The van der Waals surface area contributed by atoms with Gasteiger partial charge in [-0.05, 0) is 24.6 Å². The molecule has 0 fully saturated rings. The van der Waals surface area contributed by atoms with Crippen molar-refractivity contribution in [2.24, 2.45) is 0 Å². The zero-order valence-electron chi connectivity index (χ0n) is 6.41. The number of nitrogens with one attached hydrogen (secondary N) is 1. The first kappa shape index (κ1) is 12.0. The molecule has 0 amide bonds. The molecule has 4 heteroatoms. The van der Waals surface area contributed by atoms with Crippen LogP contribution in [0.5, 0.6) is 0 Å². The molecule has 1 nitrogen and oxygen atoms in total. The Morgan fingerprint density at radius 3 is 1.91 bits per heavy atom. The van der Waals surface area contributed by atoms with E-state index in [9.17, 15) is 0 Å². The second-order valence-corrected chi connectivity index (χ2v) is 3.81. The smallest absolute Gasteiger partial charge is 0.697 e. The molecule has 0 heterocycles. The Morgan fingerprint density at radius 2 is 1.55 bits per heavy atom. The van der Waals surface area contributed by atoms with Crippen LogP contribution in [0.1, 0.15) is 5.56 Å². The standard InChI is InChI=1S/C7H6Br2N.Na/c1-4-2-5(8)7(10)6(9)3-4;/h2-3,10H,1H3;/q-1;+1. The maximum Gasteiger partial charge on any atom is 1.00 e. The number of hydrogen-bond acceptors (Lipinski definition) is 0. The van der Waals surface area contributed by atoms with Gasteiger partial charge in [0.05, 0.1) is 0 Å². The van der Waals surface area contributed by atoms with Crippen LogP contribution in [0.4, 0.5) is 5.69 Å². The molecule has 0 atom stereocenters. The summed E-state index contributed by atoms with van der Waals surface area (Å²) in [5.74, 6) is 0. The Hall–Kier alpha value is 0.980. The van der Waals surface area contributed by atoms with E-state index in [1.54, 1.807) is 0 Å². The third-order valence-electron chi connectivity index (χ3n) is 1.19. The van der Waals surface area contributed by atoms with Gasteiger partial charge in [-0.1, -0.05) is 31.9 Å². The van der Waals surface area contributed by atoms with E-state index in [1.165, 1.54) is 0 Å². The zero-order chi connectivity index (χ0) is 7.72. The van der Waals surface area contributed by atoms with Crippen LogP contribution in [0.15, 0.2) is 21.1 Å². The van der Waals surface area contributed by atoms with Crippen molar-refractivity contribution in [1.29, 1.82) is 0 Å². The van der Waals surface area contributed by atoms with Gasteiger partial charge in [0.15, 0.2) is 0 Å². The van der Waals surface area contributed by atoms with E-state index in [-0.39, 0.29) is 29.6 Å². The average Bonchev–Trinajstić information content (AvgIpc) is 1.82. The van der Waals surface area contributed by atoms with E-state index >= 15 is 0 Å². The Kier molecular flexibility index (Phi) is 5.31. The first-order chi connectivity index (χ1) is 4.61. The minimum atomic E-state index is 0. The molecular weight excluding hydrogens is 281 g/mol.